The molecular formula is C23H29N7O3. The van der Waals surface area contributed by atoms with Gasteiger partial charge in [0.05, 0.1) is 0 Å². The lowest BCUT2D eigenvalue weighted by atomic mass is 10.2. The normalized spacial score (nSPS) is 11.6. The Hall–Kier alpha value is -3.89. The van der Waals surface area contributed by atoms with Crippen molar-refractivity contribution in [2.45, 2.75) is 12.6 Å². The van der Waals surface area contributed by atoms with Crippen molar-refractivity contribution in [3.63, 3.8) is 0 Å². The summed E-state index contributed by atoms with van der Waals surface area (Å²) in [5.74, 6) is 1.58. The first-order chi connectivity index (χ1) is 15.9. The van der Waals surface area contributed by atoms with Crippen LogP contribution in [0.25, 0.3) is 0 Å². The first-order valence-corrected chi connectivity index (χ1v) is 10.4. The number of rotatable bonds is 11. The summed E-state index contributed by atoms with van der Waals surface area (Å²) < 4.78 is 5.63. The molecule has 0 radical (unpaired) electrons. The van der Waals surface area contributed by atoms with Gasteiger partial charge in [0, 0.05) is 36.2 Å². The smallest absolute Gasteiger partial charge is 0.312 e. The van der Waals surface area contributed by atoms with Crippen molar-refractivity contribution in [1.29, 1.82) is 0 Å². The molecule has 3 aromatic rings. The van der Waals surface area contributed by atoms with E-state index < -0.39 is 12.1 Å². The van der Waals surface area contributed by atoms with E-state index in [0.29, 0.717) is 29.6 Å². The van der Waals surface area contributed by atoms with Gasteiger partial charge >= 0.3 is 6.03 Å². The molecule has 0 bridgehead atoms. The molecule has 10 heteroatoms. The molecule has 0 aliphatic rings. The van der Waals surface area contributed by atoms with Crippen LogP contribution in [0.1, 0.15) is 5.56 Å². The zero-order valence-electron chi connectivity index (χ0n) is 18.7. The number of primary amides is 1. The van der Waals surface area contributed by atoms with Gasteiger partial charge in [-0.25, -0.2) is 9.78 Å². The van der Waals surface area contributed by atoms with Gasteiger partial charge in [0.25, 0.3) is 0 Å². The fourth-order valence-corrected chi connectivity index (χ4v) is 2.98. The first-order valence-electron chi connectivity index (χ1n) is 10.4. The average molecular weight is 452 g/mol. The summed E-state index contributed by atoms with van der Waals surface area (Å²) in [5.41, 5.74) is 7.50. The minimum atomic E-state index is -0.626. The number of aromatic nitrogens is 2. The van der Waals surface area contributed by atoms with Crippen LogP contribution in [0, 0.1) is 0 Å². The molecule has 2 aromatic carbocycles. The van der Waals surface area contributed by atoms with Crippen molar-refractivity contribution in [1.82, 2.24) is 20.2 Å². The van der Waals surface area contributed by atoms with Crippen LogP contribution >= 0.6 is 0 Å². The SMILES string of the molecule is CN(C)CC(O)COc1ccc(Nc2ncc(CNC(N)=O)c(Nc3ccccc3)n2)cc1. The Morgan fingerprint density at radius 2 is 1.79 bits per heavy atom. The second-order valence-corrected chi connectivity index (χ2v) is 7.65. The van der Waals surface area contributed by atoms with Gasteiger partial charge in [0.15, 0.2) is 0 Å². The predicted molar refractivity (Wildman–Crippen MR) is 128 cm³/mol. The molecule has 0 saturated heterocycles. The van der Waals surface area contributed by atoms with Crippen molar-refractivity contribution in [3.05, 3.63) is 66.4 Å². The molecule has 10 nitrogen and oxygen atoms in total. The Balaban J connectivity index is 1.68. The third-order valence-electron chi connectivity index (χ3n) is 4.48. The highest BCUT2D eigenvalue weighted by molar-refractivity contribution is 5.72. The molecule has 1 heterocycles. The number of aliphatic hydroxyl groups excluding tert-OH is 1. The number of hydrogen-bond acceptors (Lipinski definition) is 8. The number of nitrogens with one attached hydrogen (secondary N) is 3. The number of carbonyl (C=O) groups excluding carboxylic acids is 1. The second-order valence-electron chi connectivity index (χ2n) is 7.65. The van der Waals surface area contributed by atoms with Crippen LogP contribution in [0.3, 0.4) is 0 Å². The molecule has 174 valence electrons. The number of ether oxygens (including phenoxy) is 1. The predicted octanol–water partition coefficient (Wildman–Crippen LogP) is 2.43. The van der Waals surface area contributed by atoms with Gasteiger partial charge in [-0.2, -0.15) is 4.98 Å². The monoisotopic (exact) mass is 451 g/mol. The van der Waals surface area contributed by atoms with Crippen molar-refractivity contribution < 1.29 is 14.6 Å². The molecule has 0 saturated carbocycles. The molecule has 0 aliphatic heterocycles. The van der Waals surface area contributed by atoms with E-state index in [0.717, 1.165) is 11.4 Å². The lowest BCUT2D eigenvalue weighted by Crippen LogP contribution is -2.30. The van der Waals surface area contributed by atoms with Gasteiger partial charge in [-0.05, 0) is 50.5 Å². The van der Waals surface area contributed by atoms with E-state index in [1.54, 1.807) is 18.3 Å². The Bertz CT molecular complexity index is 1030. The quantitative estimate of drug-likeness (QED) is 0.300. The van der Waals surface area contributed by atoms with E-state index in [-0.39, 0.29) is 13.2 Å². The number of urea groups is 1. The molecule has 33 heavy (non-hydrogen) atoms. The first kappa shape index (κ1) is 23.8. The molecule has 1 atom stereocenters. The van der Waals surface area contributed by atoms with Gasteiger partial charge in [0.1, 0.15) is 24.3 Å². The van der Waals surface area contributed by atoms with Crippen molar-refractivity contribution in [2.75, 3.05) is 37.9 Å². The van der Waals surface area contributed by atoms with Crippen molar-refractivity contribution >= 4 is 29.2 Å². The lowest BCUT2D eigenvalue weighted by molar-refractivity contribution is 0.0831. The number of likely N-dealkylation sites (N-methyl/N-ethyl adjacent to an activating group) is 1. The zero-order chi connectivity index (χ0) is 23.6. The number of nitrogens with zero attached hydrogens (tertiary/aromatic N) is 3. The summed E-state index contributed by atoms with van der Waals surface area (Å²) >= 11 is 0. The molecule has 3 rings (SSSR count). The maximum absolute atomic E-state index is 11.1. The van der Waals surface area contributed by atoms with Crippen molar-refractivity contribution in [3.8, 4) is 5.75 Å². The van der Waals surface area contributed by atoms with Gasteiger partial charge in [-0.3, -0.25) is 0 Å². The minimum Gasteiger partial charge on any atom is -0.491 e. The number of aliphatic hydroxyl groups is 1. The average Bonchev–Trinajstić information content (AvgIpc) is 2.78. The standard InChI is InChI=1S/C23H29N7O3/c1-30(2)14-19(31)15-33-20-10-8-18(9-11-20)28-23-26-13-16(12-25-22(24)32)21(29-23)27-17-6-4-3-5-7-17/h3-11,13,19,31H,12,14-15H2,1-2H3,(H3,24,25,32)(H2,26,27,28,29). The zero-order valence-corrected chi connectivity index (χ0v) is 18.7. The minimum absolute atomic E-state index is 0.191. The number of anilines is 4. The maximum Gasteiger partial charge on any atom is 0.312 e. The van der Waals surface area contributed by atoms with Gasteiger partial charge < -0.3 is 36.4 Å². The van der Waals surface area contributed by atoms with Gasteiger partial charge in [-0.1, -0.05) is 18.2 Å². The number of benzene rings is 2. The van der Waals surface area contributed by atoms with Crippen LogP contribution in [0.4, 0.5) is 27.9 Å². The third kappa shape index (κ3) is 7.95. The summed E-state index contributed by atoms with van der Waals surface area (Å²) in [7, 11) is 3.79. The number of para-hydroxylation sites is 1. The maximum atomic E-state index is 11.1. The Morgan fingerprint density at radius 1 is 1.09 bits per heavy atom. The molecule has 0 fully saturated rings. The number of amides is 2. The van der Waals surface area contributed by atoms with E-state index >= 15 is 0 Å². The Labute approximate surface area is 192 Å². The van der Waals surface area contributed by atoms with Crippen LogP contribution < -0.4 is 26.4 Å². The number of carbonyl (C=O) groups is 1. The topological polar surface area (TPSA) is 138 Å². The molecule has 1 aromatic heterocycles. The third-order valence-corrected chi connectivity index (χ3v) is 4.48. The van der Waals surface area contributed by atoms with E-state index in [1.165, 1.54) is 0 Å². The molecule has 6 N–H and O–H groups in total. The van der Waals surface area contributed by atoms with E-state index in [4.69, 9.17) is 10.5 Å². The van der Waals surface area contributed by atoms with E-state index in [9.17, 15) is 9.90 Å². The van der Waals surface area contributed by atoms with Gasteiger partial charge in [-0.15, -0.1) is 0 Å². The van der Waals surface area contributed by atoms with Crippen LogP contribution in [0.2, 0.25) is 0 Å². The molecular weight excluding hydrogens is 422 g/mol. The highest BCUT2D eigenvalue weighted by atomic mass is 16.5. The lowest BCUT2D eigenvalue weighted by Gasteiger charge is -2.16. The fraction of sp³-hybridized carbons (Fsp3) is 0.261. The summed E-state index contributed by atoms with van der Waals surface area (Å²) in [6.07, 6.45) is 1.06. The highest BCUT2D eigenvalue weighted by Gasteiger charge is 2.10. The molecule has 2 amide bonds. The van der Waals surface area contributed by atoms with E-state index in [2.05, 4.69) is 25.9 Å². The van der Waals surface area contributed by atoms with Gasteiger partial charge in [0.2, 0.25) is 5.95 Å². The fourth-order valence-electron chi connectivity index (χ4n) is 2.98. The molecule has 0 aliphatic carbocycles. The summed E-state index contributed by atoms with van der Waals surface area (Å²) in [4.78, 5) is 21.9. The second kappa shape index (κ2) is 11.7. The summed E-state index contributed by atoms with van der Waals surface area (Å²) in [6.45, 7) is 0.932. The van der Waals surface area contributed by atoms with Crippen LogP contribution in [-0.4, -0.2) is 59.4 Å². The Kier molecular flexibility index (Phi) is 8.39. The van der Waals surface area contributed by atoms with Crippen molar-refractivity contribution in [2.24, 2.45) is 5.73 Å². The van der Waals surface area contributed by atoms with Crippen LogP contribution in [-0.2, 0) is 6.54 Å². The summed E-state index contributed by atoms with van der Waals surface area (Å²) in [5, 5.41) is 18.9. The Morgan fingerprint density at radius 3 is 2.45 bits per heavy atom. The summed E-state index contributed by atoms with van der Waals surface area (Å²) in [6, 6.07) is 16.2. The highest BCUT2D eigenvalue weighted by Crippen LogP contribution is 2.23. The number of nitrogens with two attached hydrogens (primary N) is 1. The molecule has 1 unspecified atom stereocenters. The number of hydrogen-bond donors (Lipinski definition) is 5. The molecule has 0 spiro atoms. The van der Waals surface area contributed by atoms with Crippen LogP contribution in [0.15, 0.2) is 60.8 Å². The van der Waals surface area contributed by atoms with Crippen LogP contribution in [0.5, 0.6) is 5.75 Å². The largest absolute Gasteiger partial charge is 0.491 e. The van der Waals surface area contributed by atoms with E-state index in [1.807, 2.05) is 61.5 Å².